The average molecular weight is 185 g/mol. The van der Waals surface area contributed by atoms with Crippen LogP contribution in [-0.2, 0) is 4.74 Å². The van der Waals surface area contributed by atoms with E-state index in [2.05, 4.69) is 14.7 Å². The molecule has 0 unspecified atom stereocenters. The van der Waals surface area contributed by atoms with Gasteiger partial charge in [-0.2, -0.15) is 0 Å². The van der Waals surface area contributed by atoms with Gasteiger partial charge in [-0.1, -0.05) is 0 Å². The summed E-state index contributed by atoms with van der Waals surface area (Å²) in [6.07, 6.45) is 0. The number of nitrogens with zero attached hydrogens (tertiary/aromatic N) is 1. The summed E-state index contributed by atoms with van der Waals surface area (Å²) < 4.78 is 4.61. The van der Waals surface area contributed by atoms with Crippen LogP contribution in [0.2, 0.25) is 0 Å². The standard InChI is InChI=1S/C6H7N3O2S/c1-11-5(10)3-2-4(7)9-6(12)8-3/h2H,1H3,(H3,7,8,9,12). The van der Waals surface area contributed by atoms with E-state index in [1.54, 1.807) is 0 Å². The van der Waals surface area contributed by atoms with Crippen molar-refractivity contribution in [1.82, 2.24) is 9.97 Å². The molecule has 0 fully saturated rings. The first kappa shape index (κ1) is 8.66. The number of esters is 1. The lowest BCUT2D eigenvalue weighted by Gasteiger charge is -1.99. The van der Waals surface area contributed by atoms with E-state index in [1.807, 2.05) is 0 Å². The summed E-state index contributed by atoms with van der Waals surface area (Å²) in [5.41, 5.74) is 5.55. The summed E-state index contributed by atoms with van der Waals surface area (Å²) in [5.74, 6) is -0.325. The number of carbonyl (C=O) groups is 1. The molecule has 6 heteroatoms. The van der Waals surface area contributed by atoms with Gasteiger partial charge in [-0.15, -0.1) is 0 Å². The Bertz CT molecular complexity index is 360. The number of aromatic nitrogens is 2. The van der Waals surface area contributed by atoms with Gasteiger partial charge in [0.2, 0.25) is 0 Å². The lowest BCUT2D eigenvalue weighted by molar-refractivity contribution is 0.0593. The minimum Gasteiger partial charge on any atom is -0.464 e. The van der Waals surface area contributed by atoms with Crippen molar-refractivity contribution < 1.29 is 9.53 Å². The monoisotopic (exact) mass is 185 g/mol. The van der Waals surface area contributed by atoms with Crippen LogP contribution in [0.5, 0.6) is 0 Å². The maximum Gasteiger partial charge on any atom is 0.354 e. The molecule has 1 heterocycles. The first-order chi connectivity index (χ1) is 5.63. The van der Waals surface area contributed by atoms with Gasteiger partial charge in [0, 0.05) is 6.07 Å². The molecule has 1 aromatic rings. The third kappa shape index (κ3) is 1.79. The van der Waals surface area contributed by atoms with Gasteiger partial charge in [-0.3, -0.25) is 0 Å². The number of nitrogens with one attached hydrogen (secondary N) is 1. The van der Waals surface area contributed by atoms with E-state index in [0.717, 1.165) is 0 Å². The topological polar surface area (TPSA) is 81.0 Å². The van der Waals surface area contributed by atoms with Crippen molar-refractivity contribution in [2.45, 2.75) is 0 Å². The van der Waals surface area contributed by atoms with Gasteiger partial charge in [0.1, 0.15) is 11.5 Å². The molecule has 5 nitrogen and oxygen atoms in total. The van der Waals surface area contributed by atoms with Crippen LogP contribution >= 0.6 is 12.2 Å². The van der Waals surface area contributed by atoms with Crippen LogP contribution in [0.4, 0.5) is 5.82 Å². The molecule has 0 saturated heterocycles. The second kappa shape index (κ2) is 3.31. The fourth-order valence-corrected chi connectivity index (χ4v) is 0.912. The number of H-pyrrole nitrogens is 1. The molecule has 64 valence electrons. The molecule has 0 aliphatic carbocycles. The van der Waals surface area contributed by atoms with Crippen molar-refractivity contribution in [2.75, 3.05) is 12.8 Å². The highest BCUT2D eigenvalue weighted by Crippen LogP contribution is 2.01. The third-order valence-corrected chi connectivity index (χ3v) is 1.36. The van der Waals surface area contributed by atoms with Crippen molar-refractivity contribution in [1.29, 1.82) is 0 Å². The fraction of sp³-hybridized carbons (Fsp3) is 0.167. The van der Waals surface area contributed by atoms with E-state index in [9.17, 15) is 4.79 Å². The Kier molecular flexibility index (Phi) is 2.39. The van der Waals surface area contributed by atoms with Crippen LogP contribution in [-0.4, -0.2) is 23.0 Å². The van der Waals surface area contributed by atoms with Crippen LogP contribution in [0, 0.1) is 4.77 Å². The summed E-state index contributed by atoms with van der Waals surface area (Å²) in [6, 6.07) is 1.36. The molecule has 0 saturated carbocycles. The van der Waals surface area contributed by atoms with Gasteiger partial charge in [0.15, 0.2) is 4.77 Å². The van der Waals surface area contributed by atoms with Gasteiger partial charge >= 0.3 is 5.97 Å². The van der Waals surface area contributed by atoms with Crippen molar-refractivity contribution in [2.24, 2.45) is 0 Å². The summed E-state index contributed by atoms with van der Waals surface area (Å²) in [4.78, 5) is 17.2. The van der Waals surface area contributed by atoms with Crippen LogP contribution in [0.1, 0.15) is 10.5 Å². The lowest BCUT2D eigenvalue weighted by Crippen LogP contribution is -2.06. The van der Waals surface area contributed by atoms with E-state index in [0.29, 0.717) is 0 Å². The molecule has 1 aromatic heterocycles. The number of carbonyl (C=O) groups excluding carboxylic acids is 1. The minimum atomic E-state index is -0.518. The van der Waals surface area contributed by atoms with E-state index in [4.69, 9.17) is 18.0 Å². The Balaban J connectivity index is 3.17. The predicted molar refractivity (Wildman–Crippen MR) is 45.2 cm³/mol. The molecule has 3 N–H and O–H groups in total. The van der Waals surface area contributed by atoms with Crippen LogP contribution in [0.25, 0.3) is 0 Å². The molecule has 1 rings (SSSR count). The Morgan fingerprint density at radius 3 is 3.00 bits per heavy atom. The fourth-order valence-electron chi connectivity index (χ4n) is 0.697. The maximum atomic E-state index is 10.9. The first-order valence-corrected chi connectivity index (χ1v) is 3.49. The largest absolute Gasteiger partial charge is 0.464 e. The van der Waals surface area contributed by atoms with E-state index < -0.39 is 5.97 Å². The molecule has 0 spiro atoms. The van der Waals surface area contributed by atoms with Crippen molar-refractivity contribution in [3.8, 4) is 0 Å². The number of nitrogen functional groups attached to an aromatic ring is 1. The number of hydrogen-bond donors (Lipinski definition) is 2. The zero-order valence-corrected chi connectivity index (χ0v) is 7.14. The lowest BCUT2D eigenvalue weighted by atomic mass is 10.4. The summed E-state index contributed by atoms with van der Waals surface area (Å²) in [7, 11) is 1.27. The number of ether oxygens (including phenoxy) is 1. The Hall–Kier alpha value is -1.43. The molecule has 0 atom stereocenters. The summed E-state index contributed by atoms with van der Waals surface area (Å²) >= 11 is 4.70. The second-order valence-electron chi connectivity index (χ2n) is 2.02. The van der Waals surface area contributed by atoms with Crippen LogP contribution in [0.3, 0.4) is 0 Å². The highest BCUT2D eigenvalue weighted by atomic mass is 32.1. The zero-order chi connectivity index (χ0) is 9.14. The van der Waals surface area contributed by atoms with Crippen molar-refractivity contribution in [3.05, 3.63) is 16.5 Å². The molecule has 12 heavy (non-hydrogen) atoms. The summed E-state index contributed by atoms with van der Waals surface area (Å²) in [6.45, 7) is 0. The molecular weight excluding hydrogens is 178 g/mol. The quantitative estimate of drug-likeness (QED) is 0.492. The van der Waals surface area contributed by atoms with Gasteiger partial charge in [0.05, 0.1) is 7.11 Å². The molecule has 0 amide bonds. The highest BCUT2D eigenvalue weighted by Gasteiger charge is 2.05. The normalized spacial score (nSPS) is 9.42. The number of rotatable bonds is 1. The molecular formula is C6H7N3O2S. The zero-order valence-electron chi connectivity index (χ0n) is 6.33. The Labute approximate surface area is 73.6 Å². The van der Waals surface area contributed by atoms with Gasteiger partial charge in [-0.25, -0.2) is 9.78 Å². The smallest absolute Gasteiger partial charge is 0.354 e. The number of anilines is 1. The van der Waals surface area contributed by atoms with Gasteiger partial charge < -0.3 is 15.5 Å². The van der Waals surface area contributed by atoms with Crippen LogP contribution < -0.4 is 5.73 Å². The first-order valence-electron chi connectivity index (χ1n) is 3.08. The van der Waals surface area contributed by atoms with E-state index >= 15 is 0 Å². The molecule has 0 radical (unpaired) electrons. The van der Waals surface area contributed by atoms with Crippen molar-refractivity contribution in [3.63, 3.8) is 0 Å². The minimum absolute atomic E-state index is 0.162. The predicted octanol–water partition coefficient (Wildman–Crippen LogP) is 0.508. The van der Waals surface area contributed by atoms with Crippen LogP contribution in [0.15, 0.2) is 6.07 Å². The molecule has 0 bridgehead atoms. The number of methoxy groups -OCH3 is 1. The Morgan fingerprint density at radius 2 is 2.50 bits per heavy atom. The van der Waals surface area contributed by atoms with Gasteiger partial charge in [0.25, 0.3) is 0 Å². The SMILES string of the molecule is COC(=O)c1cc(N)nc(=S)[nH]1. The number of nitrogens with two attached hydrogens (primary N) is 1. The van der Waals surface area contributed by atoms with E-state index in [-0.39, 0.29) is 16.3 Å². The Morgan fingerprint density at radius 1 is 1.83 bits per heavy atom. The van der Waals surface area contributed by atoms with E-state index in [1.165, 1.54) is 13.2 Å². The molecule has 0 aliphatic rings. The molecule has 0 aliphatic heterocycles. The molecule has 0 aromatic carbocycles. The summed E-state index contributed by atoms with van der Waals surface area (Å²) in [5, 5.41) is 0. The maximum absolute atomic E-state index is 10.9. The number of aromatic amines is 1. The van der Waals surface area contributed by atoms with Crippen molar-refractivity contribution >= 4 is 24.0 Å². The number of hydrogen-bond acceptors (Lipinski definition) is 5. The second-order valence-corrected chi connectivity index (χ2v) is 2.40. The average Bonchev–Trinajstić information content (AvgIpc) is 2.01. The van der Waals surface area contributed by atoms with Gasteiger partial charge in [-0.05, 0) is 12.2 Å². The highest BCUT2D eigenvalue weighted by molar-refractivity contribution is 7.71. The third-order valence-electron chi connectivity index (χ3n) is 1.17.